The van der Waals surface area contributed by atoms with Gasteiger partial charge in [0.2, 0.25) is 5.88 Å². The Morgan fingerprint density at radius 2 is 2.17 bits per heavy atom. The monoisotopic (exact) mass is 319 g/mol. The Bertz CT molecular complexity index is 835. The number of ether oxygens (including phenoxy) is 1. The molecule has 0 atom stereocenters. The van der Waals surface area contributed by atoms with Crippen LogP contribution in [0.25, 0.3) is 11.1 Å². The molecule has 3 rings (SSSR count). The minimum absolute atomic E-state index is 0.00814. The molecule has 0 aliphatic heterocycles. The molecule has 0 aliphatic rings. The van der Waals surface area contributed by atoms with Crippen molar-refractivity contribution in [2.24, 2.45) is 0 Å². The van der Waals surface area contributed by atoms with E-state index in [-0.39, 0.29) is 11.7 Å². The molecule has 0 bridgehead atoms. The van der Waals surface area contributed by atoms with Gasteiger partial charge in [0.25, 0.3) is 12.3 Å². The molecule has 6 nitrogen and oxygen atoms in total. The first-order valence-electron chi connectivity index (χ1n) is 6.64. The van der Waals surface area contributed by atoms with Crippen LogP contribution in [0.2, 0.25) is 0 Å². The van der Waals surface area contributed by atoms with Crippen LogP contribution in [0.3, 0.4) is 0 Å². The van der Waals surface area contributed by atoms with Gasteiger partial charge in [-0.3, -0.25) is 4.79 Å². The van der Waals surface area contributed by atoms with E-state index in [1.807, 2.05) is 0 Å². The fraction of sp³-hybridized carbons (Fsp3) is 0.133. The molecule has 0 saturated carbocycles. The van der Waals surface area contributed by atoms with Crippen molar-refractivity contribution in [3.63, 3.8) is 0 Å². The predicted octanol–water partition coefficient (Wildman–Crippen LogP) is 3.12. The van der Waals surface area contributed by atoms with Gasteiger partial charge in [0, 0.05) is 11.6 Å². The molecule has 1 amide bonds. The number of hydrogen-bond acceptors (Lipinski definition) is 5. The molecule has 118 valence electrons. The van der Waals surface area contributed by atoms with E-state index in [1.54, 1.807) is 24.3 Å². The fourth-order valence-electron chi connectivity index (χ4n) is 1.90. The molecule has 0 aliphatic carbocycles. The first kappa shape index (κ1) is 14.9. The molecular weight excluding hydrogens is 308 g/mol. The maximum absolute atomic E-state index is 12.2. The second-order valence-electron chi connectivity index (χ2n) is 4.55. The number of carbonyl (C=O) groups excluding carboxylic acids is 1. The van der Waals surface area contributed by atoms with Crippen molar-refractivity contribution in [3.05, 3.63) is 48.4 Å². The number of pyridine rings is 1. The number of anilines is 1. The molecule has 2 aromatic heterocycles. The van der Waals surface area contributed by atoms with E-state index >= 15 is 0 Å². The third kappa shape index (κ3) is 3.60. The van der Waals surface area contributed by atoms with E-state index < -0.39 is 18.9 Å². The molecule has 8 heteroatoms. The van der Waals surface area contributed by atoms with E-state index in [9.17, 15) is 13.6 Å². The van der Waals surface area contributed by atoms with Crippen LogP contribution in [-0.2, 0) is 0 Å². The molecule has 1 aromatic carbocycles. The zero-order valence-corrected chi connectivity index (χ0v) is 11.7. The maximum Gasteiger partial charge on any atom is 0.272 e. The maximum atomic E-state index is 12.2. The number of halogens is 2. The predicted molar refractivity (Wildman–Crippen MR) is 77.7 cm³/mol. The number of rotatable bonds is 5. The highest BCUT2D eigenvalue weighted by atomic mass is 19.3. The second-order valence-corrected chi connectivity index (χ2v) is 4.55. The van der Waals surface area contributed by atoms with E-state index in [1.165, 1.54) is 18.5 Å². The number of aromatic nitrogens is 2. The summed E-state index contributed by atoms with van der Waals surface area (Å²) in [6, 6.07) is 9.30. The smallest absolute Gasteiger partial charge is 0.272 e. The number of nitrogens with zero attached hydrogens (tertiary/aromatic N) is 2. The highest BCUT2D eigenvalue weighted by Crippen LogP contribution is 2.17. The van der Waals surface area contributed by atoms with Crippen LogP contribution in [0.15, 0.2) is 47.2 Å². The van der Waals surface area contributed by atoms with Gasteiger partial charge in [-0.2, -0.15) is 4.98 Å². The Morgan fingerprint density at radius 3 is 3.00 bits per heavy atom. The van der Waals surface area contributed by atoms with Crippen molar-refractivity contribution in [2.45, 2.75) is 6.43 Å². The van der Waals surface area contributed by atoms with Crippen molar-refractivity contribution in [1.82, 2.24) is 9.97 Å². The van der Waals surface area contributed by atoms with Gasteiger partial charge in [-0.15, -0.1) is 0 Å². The molecule has 3 aromatic rings. The average molecular weight is 319 g/mol. The van der Waals surface area contributed by atoms with Crippen molar-refractivity contribution >= 4 is 22.8 Å². The van der Waals surface area contributed by atoms with Gasteiger partial charge < -0.3 is 14.5 Å². The summed E-state index contributed by atoms with van der Waals surface area (Å²) >= 11 is 0. The summed E-state index contributed by atoms with van der Waals surface area (Å²) in [6.45, 7) is -0.757. The Labute approximate surface area is 129 Å². The topological polar surface area (TPSA) is 77.2 Å². The molecule has 1 N–H and O–H groups in total. The van der Waals surface area contributed by atoms with Gasteiger partial charge in [0.15, 0.2) is 18.6 Å². The molecule has 23 heavy (non-hydrogen) atoms. The fourth-order valence-corrected chi connectivity index (χ4v) is 1.90. The molecule has 0 saturated heterocycles. The van der Waals surface area contributed by atoms with Crippen LogP contribution in [-0.4, -0.2) is 28.9 Å². The molecule has 2 heterocycles. The lowest BCUT2D eigenvalue weighted by Crippen LogP contribution is -2.14. The summed E-state index contributed by atoms with van der Waals surface area (Å²) in [5, 5.41) is 2.56. The van der Waals surface area contributed by atoms with Crippen LogP contribution < -0.4 is 10.1 Å². The van der Waals surface area contributed by atoms with Gasteiger partial charge in [-0.05, 0) is 24.3 Å². The first-order chi connectivity index (χ1) is 11.1. The largest absolute Gasteiger partial charge is 0.472 e. The van der Waals surface area contributed by atoms with Gasteiger partial charge in [-0.25, -0.2) is 13.8 Å². The summed E-state index contributed by atoms with van der Waals surface area (Å²) in [5.41, 5.74) is 1.48. The Morgan fingerprint density at radius 1 is 1.30 bits per heavy atom. The zero-order valence-electron chi connectivity index (χ0n) is 11.7. The summed E-state index contributed by atoms with van der Waals surface area (Å²) in [7, 11) is 0. The van der Waals surface area contributed by atoms with E-state index in [2.05, 4.69) is 15.3 Å². The van der Waals surface area contributed by atoms with Crippen molar-refractivity contribution < 1.29 is 22.7 Å². The number of carbonyl (C=O) groups is 1. The molecule has 0 spiro atoms. The molecule has 0 fully saturated rings. The first-order valence-corrected chi connectivity index (χ1v) is 6.64. The van der Waals surface area contributed by atoms with Crippen molar-refractivity contribution in [1.29, 1.82) is 0 Å². The quantitative estimate of drug-likeness (QED) is 0.782. The highest BCUT2D eigenvalue weighted by Gasteiger charge is 2.10. The average Bonchev–Trinajstić information content (AvgIpc) is 3.00. The number of benzene rings is 1. The van der Waals surface area contributed by atoms with Gasteiger partial charge in [0.05, 0.1) is 0 Å². The third-order valence-corrected chi connectivity index (χ3v) is 2.92. The van der Waals surface area contributed by atoms with Crippen molar-refractivity contribution in [2.75, 3.05) is 11.9 Å². The van der Waals surface area contributed by atoms with Gasteiger partial charge in [0.1, 0.15) is 11.3 Å². The van der Waals surface area contributed by atoms with Crippen molar-refractivity contribution in [3.8, 4) is 5.88 Å². The van der Waals surface area contributed by atoms with Crippen LogP contribution in [0, 0.1) is 0 Å². The molecule has 0 radical (unpaired) electrons. The van der Waals surface area contributed by atoms with E-state index in [4.69, 9.17) is 9.15 Å². The van der Waals surface area contributed by atoms with Crippen LogP contribution in [0.1, 0.15) is 10.4 Å². The lowest BCUT2D eigenvalue weighted by Gasteiger charge is -2.07. The zero-order chi connectivity index (χ0) is 16.2. The summed E-state index contributed by atoms with van der Waals surface area (Å²) < 4.78 is 34.2. The number of nitrogens with one attached hydrogen (secondary N) is 1. The lowest BCUT2D eigenvalue weighted by molar-refractivity contribution is 0.0796. The number of amides is 1. The Balaban J connectivity index is 1.72. The number of alkyl halides is 2. The van der Waals surface area contributed by atoms with Gasteiger partial charge in [-0.1, -0.05) is 6.07 Å². The summed E-state index contributed by atoms with van der Waals surface area (Å²) in [6.07, 6.45) is -1.30. The Kier molecular flexibility index (Phi) is 4.13. The van der Waals surface area contributed by atoms with E-state index in [0.29, 0.717) is 16.7 Å². The minimum atomic E-state index is -2.59. The summed E-state index contributed by atoms with van der Waals surface area (Å²) in [5.74, 6) is -0.213. The SMILES string of the molecule is O=C(Nc1cccc(OCC(F)F)n1)c1ccc2ncoc2c1. The van der Waals surface area contributed by atoms with Crippen LogP contribution >= 0.6 is 0 Å². The van der Waals surface area contributed by atoms with Gasteiger partial charge >= 0.3 is 0 Å². The standard InChI is InChI=1S/C15H11F2N3O3/c16-12(17)7-22-14-3-1-2-13(19-14)20-15(21)9-4-5-10-11(6-9)23-8-18-10/h1-6,8,12H,7H2,(H,19,20,21). The van der Waals surface area contributed by atoms with Crippen LogP contribution in [0.5, 0.6) is 5.88 Å². The third-order valence-electron chi connectivity index (χ3n) is 2.92. The second kappa shape index (κ2) is 6.39. The number of hydrogen-bond donors (Lipinski definition) is 1. The molecular formula is C15H11F2N3O3. The summed E-state index contributed by atoms with van der Waals surface area (Å²) in [4.78, 5) is 20.1. The number of fused-ring (bicyclic) bond motifs is 1. The highest BCUT2D eigenvalue weighted by molar-refractivity contribution is 6.05. The van der Waals surface area contributed by atoms with E-state index in [0.717, 1.165) is 0 Å². The molecule has 0 unspecified atom stereocenters. The normalized spacial score (nSPS) is 10.9. The van der Waals surface area contributed by atoms with Crippen LogP contribution in [0.4, 0.5) is 14.6 Å². The lowest BCUT2D eigenvalue weighted by atomic mass is 10.2. The number of oxazole rings is 1. The Hall–Kier alpha value is -3.03. The minimum Gasteiger partial charge on any atom is -0.472 e.